The molecule has 0 unspecified atom stereocenters. The van der Waals surface area contributed by atoms with Crippen molar-refractivity contribution in [2.24, 2.45) is 0 Å². The Bertz CT molecular complexity index is 468. The van der Waals surface area contributed by atoms with Crippen LogP contribution in [0.4, 0.5) is 0 Å². The van der Waals surface area contributed by atoms with E-state index in [1.165, 1.54) is 7.11 Å². The number of hydrogen-bond donors (Lipinski definition) is 1. The Hall–Kier alpha value is -1.53. The number of methoxy groups -OCH3 is 1. The van der Waals surface area contributed by atoms with Crippen LogP contribution >= 0.6 is 0 Å². The third kappa shape index (κ3) is 6.64. The third-order valence-electron chi connectivity index (χ3n) is 2.91. The summed E-state index contributed by atoms with van der Waals surface area (Å²) in [6, 6.07) is 6.26. The Labute approximate surface area is 126 Å². The van der Waals surface area contributed by atoms with Crippen LogP contribution in [0.3, 0.4) is 0 Å². The van der Waals surface area contributed by atoms with Crippen LogP contribution in [0.15, 0.2) is 18.2 Å². The van der Waals surface area contributed by atoms with Gasteiger partial charge in [0, 0.05) is 20.2 Å². The van der Waals surface area contributed by atoms with Gasteiger partial charge in [-0.1, -0.05) is 31.8 Å². The molecule has 0 atom stereocenters. The van der Waals surface area contributed by atoms with Gasteiger partial charge in [0.2, 0.25) is 0 Å². The SMILES string of the molecule is COc1cccc(CC(=O)O)c1OCOCC[Si](C)(C)C. The van der Waals surface area contributed by atoms with E-state index in [1.54, 1.807) is 18.2 Å². The molecule has 6 heteroatoms. The molecule has 0 aliphatic heterocycles. The summed E-state index contributed by atoms with van der Waals surface area (Å²) >= 11 is 0. The molecule has 118 valence electrons. The van der Waals surface area contributed by atoms with E-state index in [0.717, 1.165) is 6.04 Å². The number of para-hydroxylation sites is 1. The highest BCUT2D eigenvalue weighted by Gasteiger charge is 2.14. The maximum Gasteiger partial charge on any atom is 0.307 e. The second kappa shape index (κ2) is 8.04. The highest BCUT2D eigenvalue weighted by molar-refractivity contribution is 6.76. The molecule has 0 fully saturated rings. The summed E-state index contributed by atoms with van der Waals surface area (Å²) in [6.45, 7) is 7.59. The second-order valence-corrected chi connectivity index (χ2v) is 11.6. The molecule has 0 bridgehead atoms. The van der Waals surface area contributed by atoms with E-state index in [2.05, 4.69) is 19.6 Å². The molecule has 0 aliphatic carbocycles. The lowest BCUT2D eigenvalue weighted by atomic mass is 10.1. The number of rotatable bonds is 9. The first-order valence-electron chi connectivity index (χ1n) is 6.91. The van der Waals surface area contributed by atoms with Crippen LogP contribution < -0.4 is 9.47 Å². The van der Waals surface area contributed by atoms with E-state index in [0.29, 0.717) is 23.7 Å². The van der Waals surface area contributed by atoms with Crippen LogP contribution in [0, 0.1) is 0 Å². The zero-order chi connectivity index (χ0) is 15.9. The molecule has 0 saturated heterocycles. The molecule has 1 N–H and O–H groups in total. The van der Waals surface area contributed by atoms with E-state index in [4.69, 9.17) is 19.3 Å². The van der Waals surface area contributed by atoms with Gasteiger partial charge in [0.05, 0.1) is 13.5 Å². The topological polar surface area (TPSA) is 65.0 Å². The van der Waals surface area contributed by atoms with Crippen molar-refractivity contribution >= 4 is 14.0 Å². The minimum atomic E-state index is -1.12. The molecular formula is C15H24O5Si. The van der Waals surface area contributed by atoms with Crippen LogP contribution in [0.1, 0.15) is 5.56 Å². The van der Waals surface area contributed by atoms with Gasteiger partial charge in [-0.15, -0.1) is 0 Å². The third-order valence-corrected chi connectivity index (χ3v) is 4.61. The van der Waals surface area contributed by atoms with Gasteiger partial charge >= 0.3 is 5.97 Å². The van der Waals surface area contributed by atoms with Gasteiger partial charge in [-0.05, 0) is 12.1 Å². The van der Waals surface area contributed by atoms with Gasteiger partial charge in [0.15, 0.2) is 18.3 Å². The number of carboxylic acid groups (broad SMARTS) is 1. The van der Waals surface area contributed by atoms with E-state index < -0.39 is 14.0 Å². The molecule has 0 aliphatic rings. The largest absolute Gasteiger partial charge is 0.493 e. The molecule has 1 aromatic rings. The minimum absolute atomic E-state index is 0.0947. The summed E-state index contributed by atoms with van der Waals surface area (Å²) in [5, 5.41) is 8.93. The fourth-order valence-corrected chi connectivity index (χ4v) is 2.48. The van der Waals surface area contributed by atoms with Gasteiger partial charge in [-0.25, -0.2) is 0 Å². The second-order valence-electron chi connectivity index (χ2n) is 6.00. The first kappa shape index (κ1) is 17.5. The first-order valence-corrected chi connectivity index (χ1v) is 10.6. The standard InChI is InChI=1S/C15H24O5Si/c1-18-13-7-5-6-12(10-14(16)17)15(13)20-11-19-8-9-21(2,3)4/h5-7H,8-11H2,1-4H3,(H,16,17). The Morgan fingerprint density at radius 3 is 2.57 bits per heavy atom. The summed E-state index contributed by atoms with van der Waals surface area (Å²) in [6.07, 6.45) is -0.110. The molecule has 0 amide bonds. The van der Waals surface area contributed by atoms with Crippen LogP contribution in [-0.2, 0) is 16.0 Å². The molecule has 21 heavy (non-hydrogen) atoms. The highest BCUT2D eigenvalue weighted by atomic mass is 28.3. The van der Waals surface area contributed by atoms with E-state index in [1.807, 2.05) is 0 Å². The van der Waals surface area contributed by atoms with Gasteiger partial charge in [0.1, 0.15) is 0 Å². The predicted molar refractivity (Wildman–Crippen MR) is 83.9 cm³/mol. The van der Waals surface area contributed by atoms with Gasteiger partial charge < -0.3 is 19.3 Å². The minimum Gasteiger partial charge on any atom is -0.493 e. The molecule has 0 radical (unpaired) electrons. The van der Waals surface area contributed by atoms with Crippen molar-refractivity contribution < 1.29 is 24.1 Å². The summed E-state index contributed by atoms with van der Waals surface area (Å²) in [4.78, 5) is 10.9. The van der Waals surface area contributed by atoms with Crippen molar-refractivity contribution in [1.29, 1.82) is 0 Å². The number of carbonyl (C=O) groups is 1. The predicted octanol–water partition coefficient (Wildman–Crippen LogP) is 3.01. The Morgan fingerprint density at radius 1 is 1.29 bits per heavy atom. The van der Waals surface area contributed by atoms with Gasteiger partial charge in [-0.3, -0.25) is 4.79 Å². The lowest BCUT2D eigenvalue weighted by Crippen LogP contribution is -2.22. The summed E-state index contributed by atoms with van der Waals surface area (Å²) in [5.41, 5.74) is 0.579. The van der Waals surface area contributed by atoms with Crippen LogP contribution in [-0.4, -0.2) is 39.7 Å². The van der Waals surface area contributed by atoms with Crippen molar-refractivity contribution in [3.05, 3.63) is 23.8 Å². The van der Waals surface area contributed by atoms with E-state index in [9.17, 15) is 4.79 Å². The van der Waals surface area contributed by atoms with Gasteiger partial charge in [0.25, 0.3) is 0 Å². The molecule has 0 aromatic heterocycles. The van der Waals surface area contributed by atoms with Crippen molar-refractivity contribution in [1.82, 2.24) is 0 Å². The fraction of sp³-hybridized carbons (Fsp3) is 0.533. The maximum atomic E-state index is 10.9. The van der Waals surface area contributed by atoms with Gasteiger partial charge in [-0.2, -0.15) is 0 Å². The fourth-order valence-electron chi connectivity index (χ4n) is 1.73. The lowest BCUT2D eigenvalue weighted by Gasteiger charge is -2.17. The molecule has 0 spiro atoms. The summed E-state index contributed by atoms with van der Waals surface area (Å²) < 4.78 is 16.3. The lowest BCUT2D eigenvalue weighted by molar-refractivity contribution is -0.136. The number of hydrogen-bond acceptors (Lipinski definition) is 4. The first-order chi connectivity index (χ1) is 9.83. The van der Waals surface area contributed by atoms with Crippen molar-refractivity contribution in [3.63, 3.8) is 0 Å². The van der Waals surface area contributed by atoms with Crippen LogP contribution in [0.25, 0.3) is 0 Å². The molecule has 0 heterocycles. The number of aliphatic carboxylic acids is 1. The number of benzene rings is 1. The Balaban J connectivity index is 2.61. The number of ether oxygens (including phenoxy) is 3. The maximum absolute atomic E-state index is 10.9. The Morgan fingerprint density at radius 2 is 2.00 bits per heavy atom. The smallest absolute Gasteiger partial charge is 0.307 e. The molecule has 1 aromatic carbocycles. The normalized spacial score (nSPS) is 11.2. The summed E-state index contributed by atoms with van der Waals surface area (Å²) in [7, 11) is 0.407. The van der Waals surface area contributed by atoms with Crippen molar-refractivity contribution in [2.45, 2.75) is 32.1 Å². The van der Waals surface area contributed by atoms with E-state index >= 15 is 0 Å². The van der Waals surface area contributed by atoms with Crippen molar-refractivity contribution in [3.8, 4) is 11.5 Å². The average molecular weight is 312 g/mol. The Kier molecular flexibility index (Phi) is 6.71. The number of carboxylic acids is 1. The average Bonchev–Trinajstić information content (AvgIpc) is 2.37. The molecular weight excluding hydrogens is 288 g/mol. The molecule has 0 saturated carbocycles. The van der Waals surface area contributed by atoms with Crippen LogP contribution in [0.2, 0.25) is 25.7 Å². The zero-order valence-electron chi connectivity index (χ0n) is 13.1. The highest BCUT2D eigenvalue weighted by Crippen LogP contribution is 2.31. The zero-order valence-corrected chi connectivity index (χ0v) is 14.1. The monoisotopic (exact) mass is 312 g/mol. The van der Waals surface area contributed by atoms with E-state index in [-0.39, 0.29) is 13.2 Å². The van der Waals surface area contributed by atoms with Crippen molar-refractivity contribution in [2.75, 3.05) is 20.5 Å². The van der Waals surface area contributed by atoms with Crippen LogP contribution in [0.5, 0.6) is 11.5 Å². The summed E-state index contributed by atoms with van der Waals surface area (Å²) in [5.74, 6) is 0.0469. The molecule has 5 nitrogen and oxygen atoms in total. The molecule has 1 rings (SSSR count). The quantitative estimate of drug-likeness (QED) is 0.431.